The summed E-state index contributed by atoms with van der Waals surface area (Å²) in [6.45, 7) is 0. The van der Waals surface area contributed by atoms with E-state index in [-0.39, 0.29) is 5.97 Å². The summed E-state index contributed by atoms with van der Waals surface area (Å²) in [5.41, 5.74) is 2.50. The Balaban J connectivity index is 2.62. The molecule has 1 heterocycles. The number of carbonyl (C=O) groups is 1. The third-order valence-corrected chi connectivity index (χ3v) is 2.33. The van der Waals surface area contributed by atoms with Crippen LogP contribution in [-0.2, 0) is 4.74 Å². The highest BCUT2D eigenvalue weighted by Crippen LogP contribution is 2.11. The van der Waals surface area contributed by atoms with Gasteiger partial charge in [0.25, 0.3) is 0 Å². The van der Waals surface area contributed by atoms with Crippen molar-refractivity contribution < 1.29 is 9.53 Å². The molecular formula is C11H10BNO2. The first-order chi connectivity index (χ1) is 7.22. The van der Waals surface area contributed by atoms with Crippen LogP contribution < -0.4 is 5.46 Å². The molecule has 2 aromatic rings. The maximum Gasteiger partial charge on any atom is 0.339 e. The Morgan fingerprint density at radius 3 is 3.00 bits per heavy atom. The monoisotopic (exact) mass is 199 g/mol. The zero-order valence-electron chi connectivity index (χ0n) is 8.65. The molecule has 0 N–H and O–H groups in total. The number of hydrogen-bond donors (Lipinski definition) is 0. The number of pyridine rings is 1. The van der Waals surface area contributed by atoms with Crippen LogP contribution in [0.3, 0.4) is 0 Å². The molecule has 2 rings (SSSR count). The summed E-state index contributed by atoms with van der Waals surface area (Å²) in [7, 11) is 3.36. The number of esters is 1. The molecule has 0 radical (unpaired) electrons. The lowest BCUT2D eigenvalue weighted by Gasteiger charge is -2.03. The summed E-state index contributed by atoms with van der Waals surface area (Å²) in [5, 5.41) is 0.956. The minimum atomic E-state index is -0.356. The van der Waals surface area contributed by atoms with Crippen LogP contribution in [0.5, 0.6) is 0 Å². The molecule has 74 valence electrons. The predicted molar refractivity (Wildman–Crippen MR) is 61.3 cm³/mol. The third-order valence-electron chi connectivity index (χ3n) is 2.33. The van der Waals surface area contributed by atoms with Crippen LogP contribution in [0.4, 0.5) is 0 Å². The Kier molecular flexibility index (Phi) is 2.41. The molecule has 0 aliphatic rings. The lowest BCUT2D eigenvalue weighted by molar-refractivity contribution is 0.0600. The minimum Gasteiger partial charge on any atom is -0.465 e. The molecule has 0 bridgehead atoms. The molecule has 0 amide bonds. The van der Waals surface area contributed by atoms with Crippen LogP contribution in [0.15, 0.2) is 30.5 Å². The number of rotatable bonds is 1. The molecule has 0 saturated heterocycles. The van der Waals surface area contributed by atoms with Crippen molar-refractivity contribution in [3.05, 3.63) is 36.0 Å². The second kappa shape index (κ2) is 3.73. The number of nitrogens with zero attached hydrogens (tertiary/aromatic N) is 1. The smallest absolute Gasteiger partial charge is 0.339 e. The molecule has 0 saturated carbocycles. The van der Waals surface area contributed by atoms with Gasteiger partial charge in [-0.15, -0.1) is 0 Å². The average molecular weight is 199 g/mol. The van der Waals surface area contributed by atoms with Crippen molar-refractivity contribution in [1.82, 2.24) is 4.98 Å². The first-order valence-corrected chi connectivity index (χ1v) is 4.66. The summed E-state index contributed by atoms with van der Waals surface area (Å²) < 4.78 is 4.64. The van der Waals surface area contributed by atoms with Gasteiger partial charge in [0.2, 0.25) is 0 Å². The standard InChI is InChI=1S/C11H10BNO2/c1-15-11(14)8-5-7-3-2-4-9(12)10(7)13-6-8/h2-6H,12H2,1H3. The minimum absolute atomic E-state index is 0.356. The van der Waals surface area contributed by atoms with Gasteiger partial charge in [-0.05, 0) is 6.07 Å². The number of carbonyl (C=O) groups excluding carboxylic acids is 1. The van der Waals surface area contributed by atoms with Crippen LogP contribution >= 0.6 is 0 Å². The van der Waals surface area contributed by atoms with Crippen LogP contribution in [0, 0.1) is 0 Å². The average Bonchev–Trinajstić information content (AvgIpc) is 2.28. The molecule has 3 nitrogen and oxygen atoms in total. The van der Waals surface area contributed by atoms with Gasteiger partial charge in [0.1, 0.15) is 7.85 Å². The second-order valence-corrected chi connectivity index (χ2v) is 3.36. The normalized spacial score (nSPS) is 10.2. The molecule has 0 aliphatic heterocycles. The van der Waals surface area contributed by atoms with Gasteiger partial charge in [0.05, 0.1) is 18.2 Å². The van der Waals surface area contributed by atoms with Crippen LogP contribution in [0.2, 0.25) is 0 Å². The van der Waals surface area contributed by atoms with E-state index >= 15 is 0 Å². The van der Waals surface area contributed by atoms with E-state index in [1.165, 1.54) is 7.11 Å². The first kappa shape index (κ1) is 9.71. The van der Waals surface area contributed by atoms with E-state index in [2.05, 4.69) is 9.72 Å². The highest BCUT2D eigenvalue weighted by molar-refractivity contribution is 6.38. The van der Waals surface area contributed by atoms with E-state index in [1.54, 1.807) is 12.3 Å². The second-order valence-electron chi connectivity index (χ2n) is 3.36. The first-order valence-electron chi connectivity index (χ1n) is 4.66. The van der Waals surface area contributed by atoms with Crippen LogP contribution in [0.25, 0.3) is 10.9 Å². The molecule has 0 unspecified atom stereocenters. The van der Waals surface area contributed by atoms with E-state index in [9.17, 15) is 4.79 Å². The van der Waals surface area contributed by atoms with Gasteiger partial charge in [0, 0.05) is 11.6 Å². The fraction of sp³-hybridized carbons (Fsp3) is 0.0909. The molecule has 1 aromatic heterocycles. The summed E-state index contributed by atoms with van der Waals surface area (Å²) in [6.07, 6.45) is 1.54. The quantitative estimate of drug-likeness (QED) is 0.489. The number of hydrogen-bond acceptors (Lipinski definition) is 3. The van der Waals surface area contributed by atoms with E-state index in [0.717, 1.165) is 16.4 Å². The molecule has 1 aromatic carbocycles. The molecule has 0 spiro atoms. The lowest BCUT2D eigenvalue weighted by Crippen LogP contribution is -2.07. The Bertz CT molecular complexity index is 525. The van der Waals surface area contributed by atoms with Crippen molar-refractivity contribution in [1.29, 1.82) is 0 Å². The largest absolute Gasteiger partial charge is 0.465 e. The number of methoxy groups -OCH3 is 1. The topological polar surface area (TPSA) is 39.2 Å². The molecule has 15 heavy (non-hydrogen) atoms. The predicted octanol–water partition coefficient (Wildman–Crippen LogP) is 0.280. The highest BCUT2D eigenvalue weighted by atomic mass is 16.5. The summed E-state index contributed by atoms with van der Waals surface area (Å²) in [6, 6.07) is 7.66. The summed E-state index contributed by atoms with van der Waals surface area (Å²) in [5.74, 6) is -0.356. The van der Waals surface area contributed by atoms with Gasteiger partial charge >= 0.3 is 5.97 Å². The van der Waals surface area contributed by atoms with Gasteiger partial charge in [0.15, 0.2) is 0 Å². The fourth-order valence-electron chi connectivity index (χ4n) is 1.54. The zero-order valence-corrected chi connectivity index (χ0v) is 8.65. The van der Waals surface area contributed by atoms with Crippen molar-refractivity contribution in [3.63, 3.8) is 0 Å². The Morgan fingerprint density at radius 1 is 1.47 bits per heavy atom. The Morgan fingerprint density at radius 2 is 2.27 bits per heavy atom. The van der Waals surface area contributed by atoms with Crippen molar-refractivity contribution in [3.8, 4) is 0 Å². The van der Waals surface area contributed by atoms with Crippen LogP contribution in [0.1, 0.15) is 10.4 Å². The molecule has 0 atom stereocenters. The number of aromatic nitrogens is 1. The maximum atomic E-state index is 11.3. The Labute approximate surface area is 88.5 Å². The lowest BCUT2D eigenvalue weighted by atomic mass is 9.93. The maximum absolute atomic E-state index is 11.3. The van der Waals surface area contributed by atoms with Crippen LogP contribution in [-0.4, -0.2) is 25.9 Å². The van der Waals surface area contributed by atoms with E-state index < -0.39 is 0 Å². The van der Waals surface area contributed by atoms with Gasteiger partial charge in [-0.1, -0.05) is 23.7 Å². The number of para-hydroxylation sites is 1. The van der Waals surface area contributed by atoms with Gasteiger partial charge in [-0.2, -0.15) is 0 Å². The number of benzene rings is 1. The fourth-order valence-corrected chi connectivity index (χ4v) is 1.54. The Hall–Kier alpha value is -1.84. The molecular weight excluding hydrogens is 189 g/mol. The van der Waals surface area contributed by atoms with Crippen molar-refractivity contribution in [2.24, 2.45) is 0 Å². The summed E-state index contributed by atoms with van der Waals surface area (Å²) in [4.78, 5) is 15.5. The number of ether oxygens (including phenoxy) is 1. The van der Waals surface area contributed by atoms with Gasteiger partial charge in [-0.25, -0.2) is 4.79 Å². The molecule has 0 aliphatic carbocycles. The van der Waals surface area contributed by atoms with E-state index in [0.29, 0.717) is 5.56 Å². The third kappa shape index (κ3) is 1.70. The highest BCUT2D eigenvalue weighted by Gasteiger charge is 2.07. The zero-order chi connectivity index (χ0) is 10.8. The van der Waals surface area contributed by atoms with Gasteiger partial charge in [-0.3, -0.25) is 4.98 Å². The van der Waals surface area contributed by atoms with Crippen molar-refractivity contribution in [2.45, 2.75) is 0 Å². The van der Waals surface area contributed by atoms with E-state index in [4.69, 9.17) is 0 Å². The van der Waals surface area contributed by atoms with Crippen molar-refractivity contribution in [2.75, 3.05) is 7.11 Å². The molecule has 4 heteroatoms. The summed E-state index contributed by atoms with van der Waals surface area (Å²) >= 11 is 0. The van der Waals surface area contributed by atoms with Gasteiger partial charge < -0.3 is 4.74 Å². The van der Waals surface area contributed by atoms with E-state index in [1.807, 2.05) is 26.0 Å². The SMILES string of the molecule is Bc1cccc2cc(C(=O)OC)cnc12. The number of fused-ring (bicyclic) bond motifs is 1. The molecule has 0 fully saturated rings. The van der Waals surface area contributed by atoms with Crippen molar-refractivity contribution >= 4 is 30.2 Å².